The lowest BCUT2D eigenvalue weighted by Crippen LogP contribution is -2.01. The van der Waals surface area contributed by atoms with Gasteiger partial charge in [0, 0.05) is 13.0 Å². The zero-order chi connectivity index (χ0) is 11.4. The van der Waals surface area contributed by atoms with Crippen molar-refractivity contribution in [3.05, 3.63) is 24.0 Å². The molecular weight excluding hydrogens is 205 g/mol. The molecule has 2 rings (SSSR count). The van der Waals surface area contributed by atoms with Crippen molar-refractivity contribution >= 4 is 17.0 Å². The molecule has 0 bridgehead atoms. The van der Waals surface area contributed by atoms with Gasteiger partial charge in [0.25, 0.3) is 0 Å². The van der Waals surface area contributed by atoms with Gasteiger partial charge in [-0.2, -0.15) is 0 Å². The van der Waals surface area contributed by atoms with Crippen LogP contribution in [0.2, 0.25) is 0 Å². The molecule has 0 aliphatic carbocycles. The van der Waals surface area contributed by atoms with Crippen molar-refractivity contribution in [1.29, 1.82) is 0 Å². The van der Waals surface area contributed by atoms with Crippen LogP contribution in [-0.2, 0) is 0 Å². The summed E-state index contributed by atoms with van der Waals surface area (Å²) in [5.74, 6) is 6.15. The summed E-state index contributed by atoms with van der Waals surface area (Å²) in [6.07, 6.45) is 0.766. The molecule has 16 heavy (non-hydrogen) atoms. The van der Waals surface area contributed by atoms with Crippen molar-refractivity contribution in [2.24, 2.45) is 0 Å². The van der Waals surface area contributed by atoms with E-state index in [2.05, 4.69) is 27.1 Å². The summed E-state index contributed by atoms with van der Waals surface area (Å²) in [5.41, 5.74) is 1.45. The molecule has 2 aromatic rings. The van der Waals surface area contributed by atoms with Crippen molar-refractivity contribution < 1.29 is 4.39 Å². The van der Waals surface area contributed by atoms with Gasteiger partial charge in [-0.25, -0.2) is 9.37 Å². The van der Waals surface area contributed by atoms with E-state index in [4.69, 9.17) is 0 Å². The van der Waals surface area contributed by atoms with Crippen molar-refractivity contribution in [3.8, 4) is 11.8 Å². The molecule has 0 saturated carbocycles. The van der Waals surface area contributed by atoms with E-state index in [1.807, 2.05) is 6.92 Å². The molecule has 1 aromatic carbocycles. The molecule has 0 fully saturated rings. The molecule has 82 valence electrons. The SMILES string of the molecule is CC#CCCNc1nc2ccc(F)cc2[nH]1. The minimum absolute atomic E-state index is 0.264. The lowest BCUT2D eigenvalue weighted by atomic mass is 10.3. The number of hydrogen-bond acceptors (Lipinski definition) is 2. The van der Waals surface area contributed by atoms with Gasteiger partial charge < -0.3 is 10.3 Å². The van der Waals surface area contributed by atoms with E-state index in [9.17, 15) is 4.39 Å². The first-order chi connectivity index (χ1) is 7.79. The Morgan fingerprint density at radius 2 is 2.38 bits per heavy atom. The van der Waals surface area contributed by atoms with Gasteiger partial charge in [0.05, 0.1) is 11.0 Å². The Balaban J connectivity index is 2.09. The number of aromatic nitrogens is 2. The second-order valence-corrected chi connectivity index (χ2v) is 3.35. The molecule has 3 nitrogen and oxygen atoms in total. The van der Waals surface area contributed by atoms with Crippen LogP contribution in [0.5, 0.6) is 0 Å². The minimum atomic E-state index is -0.264. The highest BCUT2D eigenvalue weighted by atomic mass is 19.1. The zero-order valence-corrected chi connectivity index (χ0v) is 8.97. The number of H-pyrrole nitrogens is 1. The van der Waals surface area contributed by atoms with E-state index in [-0.39, 0.29) is 5.82 Å². The van der Waals surface area contributed by atoms with E-state index < -0.39 is 0 Å². The van der Waals surface area contributed by atoms with Crippen LogP contribution < -0.4 is 5.32 Å². The summed E-state index contributed by atoms with van der Waals surface area (Å²) in [4.78, 5) is 7.27. The van der Waals surface area contributed by atoms with Crippen molar-refractivity contribution in [3.63, 3.8) is 0 Å². The average molecular weight is 217 g/mol. The first-order valence-electron chi connectivity index (χ1n) is 5.08. The summed E-state index contributed by atoms with van der Waals surface area (Å²) in [5, 5.41) is 3.10. The number of rotatable bonds is 3. The highest BCUT2D eigenvalue weighted by molar-refractivity contribution is 5.77. The summed E-state index contributed by atoms with van der Waals surface area (Å²) in [6, 6.07) is 4.48. The Hall–Kier alpha value is -2.02. The standard InChI is InChI=1S/C12H12FN3/c1-2-3-4-7-14-12-15-10-6-5-9(13)8-11(10)16-12/h5-6,8H,4,7H2,1H3,(H2,14,15,16). The van der Waals surface area contributed by atoms with Crippen molar-refractivity contribution in [2.45, 2.75) is 13.3 Å². The smallest absolute Gasteiger partial charge is 0.201 e. The van der Waals surface area contributed by atoms with Gasteiger partial charge in [-0.1, -0.05) is 0 Å². The van der Waals surface area contributed by atoms with E-state index in [1.165, 1.54) is 12.1 Å². The summed E-state index contributed by atoms with van der Waals surface area (Å²) in [6.45, 7) is 2.53. The number of halogens is 1. The Morgan fingerprint density at radius 1 is 1.50 bits per heavy atom. The molecule has 1 heterocycles. The van der Waals surface area contributed by atoms with Crippen LogP contribution in [0.1, 0.15) is 13.3 Å². The summed E-state index contributed by atoms with van der Waals surface area (Å²) in [7, 11) is 0. The van der Waals surface area contributed by atoms with Gasteiger partial charge >= 0.3 is 0 Å². The maximum atomic E-state index is 12.9. The van der Waals surface area contributed by atoms with Crippen LogP contribution in [0.4, 0.5) is 10.3 Å². The van der Waals surface area contributed by atoms with Gasteiger partial charge in [-0.3, -0.25) is 0 Å². The maximum absolute atomic E-state index is 12.9. The number of nitrogens with zero attached hydrogens (tertiary/aromatic N) is 1. The fourth-order valence-corrected chi connectivity index (χ4v) is 1.43. The molecule has 2 N–H and O–H groups in total. The van der Waals surface area contributed by atoms with E-state index in [0.29, 0.717) is 11.5 Å². The highest BCUT2D eigenvalue weighted by Gasteiger charge is 2.02. The molecular formula is C12H12FN3. The number of anilines is 1. The Kier molecular flexibility index (Phi) is 3.06. The van der Waals surface area contributed by atoms with Gasteiger partial charge in [0.15, 0.2) is 0 Å². The van der Waals surface area contributed by atoms with E-state index in [0.717, 1.165) is 18.5 Å². The van der Waals surface area contributed by atoms with Gasteiger partial charge in [-0.05, 0) is 25.1 Å². The quantitative estimate of drug-likeness (QED) is 0.612. The molecule has 0 atom stereocenters. The molecule has 0 amide bonds. The number of imidazole rings is 1. The highest BCUT2D eigenvalue weighted by Crippen LogP contribution is 2.15. The first kappa shape index (κ1) is 10.5. The van der Waals surface area contributed by atoms with Crippen molar-refractivity contribution in [1.82, 2.24) is 9.97 Å². The monoisotopic (exact) mass is 217 g/mol. The van der Waals surface area contributed by atoms with Crippen LogP contribution in [0.15, 0.2) is 18.2 Å². The molecule has 0 spiro atoms. The maximum Gasteiger partial charge on any atom is 0.201 e. The minimum Gasteiger partial charge on any atom is -0.355 e. The second-order valence-electron chi connectivity index (χ2n) is 3.35. The van der Waals surface area contributed by atoms with E-state index in [1.54, 1.807) is 6.07 Å². The summed E-state index contributed by atoms with van der Waals surface area (Å²) >= 11 is 0. The van der Waals surface area contributed by atoms with Crippen molar-refractivity contribution in [2.75, 3.05) is 11.9 Å². The van der Waals surface area contributed by atoms with Crippen LogP contribution in [0, 0.1) is 17.7 Å². The second kappa shape index (κ2) is 4.67. The van der Waals surface area contributed by atoms with Gasteiger partial charge in [0.2, 0.25) is 5.95 Å². The number of benzene rings is 1. The average Bonchev–Trinajstić information content (AvgIpc) is 2.66. The fraction of sp³-hybridized carbons (Fsp3) is 0.250. The van der Waals surface area contributed by atoms with Crippen LogP contribution in [0.25, 0.3) is 11.0 Å². The third kappa shape index (κ3) is 2.31. The predicted octanol–water partition coefficient (Wildman–Crippen LogP) is 2.53. The Labute approximate surface area is 93.1 Å². The molecule has 0 aliphatic heterocycles. The third-order valence-electron chi connectivity index (χ3n) is 2.16. The molecule has 0 aliphatic rings. The normalized spacial score (nSPS) is 9.88. The molecule has 1 aromatic heterocycles. The van der Waals surface area contributed by atoms with E-state index >= 15 is 0 Å². The molecule has 0 saturated heterocycles. The largest absolute Gasteiger partial charge is 0.355 e. The van der Waals surface area contributed by atoms with Gasteiger partial charge in [-0.15, -0.1) is 11.8 Å². The lowest BCUT2D eigenvalue weighted by Gasteiger charge is -1.96. The Morgan fingerprint density at radius 3 is 3.19 bits per heavy atom. The predicted molar refractivity (Wildman–Crippen MR) is 62.6 cm³/mol. The van der Waals surface area contributed by atoms with Crippen LogP contribution in [-0.4, -0.2) is 16.5 Å². The first-order valence-corrected chi connectivity index (χ1v) is 5.08. The zero-order valence-electron chi connectivity index (χ0n) is 8.97. The van der Waals surface area contributed by atoms with Crippen LogP contribution >= 0.6 is 0 Å². The lowest BCUT2D eigenvalue weighted by molar-refractivity contribution is 0.629. The third-order valence-corrected chi connectivity index (χ3v) is 2.16. The number of fused-ring (bicyclic) bond motifs is 1. The Bertz CT molecular complexity index is 548. The van der Waals surface area contributed by atoms with Gasteiger partial charge in [0.1, 0.15) is 5.82 Å². The fourth-order valence-electron chi connectivity index (χ4n) is 1.43. The topological polar surface area (TPSA) is 40.7 Å². The van der Waals surface area contributed by atoms with Crippen LogP contribution in [0.3, 0.4) is 0 Å². The molecule has 0 radical (unpaired) electrons. The number of aromatic amines is 1. The summed E-state index contributed by atoms with van der Waals surface area (Å²) < 4.78 is 12.9. The molecule has 0 unspecified atom stereocenters. The molecule has 4 heteroatoms. The number of nitrogens with one attached hydrogen (secondary N) is 2. The number of hydrogen-bond donors (Lipinski definition) is 2.